The predicted octanol–water partition coefficient (Wildman–Crippen LogP) is 3.62. The Morgan fingerprint density at radius 3 is 2.57 bits per heavy atom. The van der Waals surface area contributed by atoms with Crippen LogP contribution in [0.1, 0.15) is 25.7 Å². The Morgan fingerprint density at radius 2 is 1.86 bits per heavy atom. The Labute approximate surface area is 122 Å². The van der Waals surface area contributed by atoms with E-state index < -0.39 is 6.36 Å². The number of nitrogens with zero attached hydrogens (tertiary/aromatic N) is 1. The lowest BCUT2D eigenvalue weighted by Crippen LogP contribution is -2.42. The van der Waals surface area contributed by atoms with Gasteiger partial charge in [-0.15, -0.1) is 13.2 Å². The fourth-order valence-electron chi connectivity index (χ4n) is 3.34. The normalized spacial score (nSPS) is 26.4. The van der Waals surface area contributed by atoms with Gasteiger partial charge in [0.2, 0.25) is 0 Å². The Bertz CT molecular complexity index is 475. The molecular weight excluding hydrogens is 281 g/mol. The maximum atomic E-state index is 12.1. The van der Waals surface area contributed by atoms with E-state index in [9.17, 15) is 13.2 Å². The lowest BCUT2D eigenvalue weighted by Gasteiger charge is -2.35. The molecule has 1 aromatic rings. The number of benzene rings is 1. The van der Waals surface area contributed by atoms with E-state index in [-0.39, 0.29) is 5.75 Å². The van der Waals surface area contributed by atoms with Gasteiger partial charge in [0, 0.05) is 24.3 Å². The molecule has 2 fully saturated rings. The molecule has 2 aliphatic heterocycles. The number of hydrogen-bond donors (Lipinski definition) is 1. The van der Waals surface area contributed by atoms with E-state index in [2.05, 4.69) is 15.0 Å². The van der Waals surface area contributed by atoms with Crippen molar-refractivity contribution in [2.75, 3.05) is 18.4 Å². The largest absolute Gasteiger partial charge is 0.573 e. The van der Waals surface area contributed by atoms with Crippen molar-refractivity contribution in [3.05, 3.63) is 24.3 Å². The smallest absolute Gasteiger partial charge is 0.406 e. The number of anilines is 1. The maximum Gasteiger partial charge on any atom is 0.573 e. The van der Waals surface area contributed by atoms with E-state index in [0.29, 0.717) is 12.1 Å². The lowest BCUT2D eigenvalue weighted by atomic mass is 9.97. The molecule has 6 heteroatoms. The SMILES string of the molecule is FC(F)(F)Oc1ccc(NC2CCN3CCCC3C2)cc1. The summed E-state index contributed by atoms with van der Waals surface area (Å²) in [4.78, 5) is 2.54. The molecule has 116 valence electrons. The molecule has 2 saturated heterocycles. The molecule has 2 aliphatic rings. The van der Waals surface area contributed by atoms with Crippen LogP contribution in [0.4, 0.5) is 18.9 Å². The summed E-state index contributed by atoms with van der Waals surface area (Å²) in [7, 11) is 0. The molecule has 0 aromatic heterocycles. The number of halogens is 3. The summed E-state index contributed by atoms with van der Waals surface area (Å²) in [5, 5.41) is 3.42. The van der Waals surface area contributed by atoms with Crippen LogP contribution < -0.4 is 10.1 Å². The van der Waals surface area contributed by atoms with E-state index in [1.807, 2.05) is 0 Å². The third-order valence-electron chi connectivity index (χ3n) is 4.28. The van der Waals surface area contributed by atoms with Gasteiger partial charge in [-0.3, -0.25) is 0 Å². The number of rotatable bonds is 3. The van der Waals surface area contributed by atoms with Crippen molar-refractivity contribution in [2.24, 2.45) is 0 Å². The van der Waals surface area contributed by atoms with Gasteiger partial charge in [0.15, 0.2) is 0 Å². The highest BCUT2D eigenvalue weighted by Crippen LogP contribution is 2.29. The molecule has 2 heterocycles. The molecule has 3 rings (SSSR count). The van der Waals surface area contributed by atoms with Crippen LogP contribution in [-0.4, -0.2) is 36.4 Å². The molecule has 1 aromatic carbocycles. The summed E-state index contributed by atoms with van der Waals surface area (Å²) in [5.41, 5.74) is 0.848. The number of ether oxygens (including phenoxy) is 1. The predicted molar refractivity (Wildman–Crippen MR) is 74.4 cm³/mol. The molecular formula is C15H19F3N2O. The Balaban J connectivity index is 1.55. The number of piperidine rings is 1. The third kappa shape index (κ3) is 3.81. The zero-order valence-electron chi connectivity index (χ0n) is 11.7. The van der Waals surface area contributed by atoms with Gasteiger partial charge >= 0.3 is 6.36 Å². The molecule has 21 heavy (non-hydrogen) atoms. The van der Waals surface area contributed by atoms with Crippen molar-refractivity contribution in [1.29, 1.82) is 0 Å². The first-order valence-corrected chi connectivity index (χ1v) is 7.36. The number of nitrogens with one attached hydrogen (secondary N) is 1. The molecule has 3 nitrogen and oxygen atoms in total. The summed E-state index contributed by atoms with van der Waals surface area (Å²) in [6.45, 7) is 2.32. The molecule has 2 unspecified atom stereocenters. The van der Waals surface area contributed by atoms with Crippen molar-refractivity contribution in [2.45, 2.75) is 44.1 Å². The second kappa shape index (κ2) is 5.75. The minimum absolute atomic E-state index is 0.182. The second-order valence-electron chi connectivity index (χ2n) is 5.77. The van der Waals surface area contributed by atoms with E-state index in [0.717, 1.165) is 25.1 Å². The van der Waals surface area contributed by atoms with Crippen LogP contribution in [0.5, 0.6) is 5.75 Å². The summed E-state index contributed by atoms with van der Waals surface area (Å²) in [5.74, 6) is -0.182. The molecule has 0 amide bonds. The van der Waals surface area contributed by atoms with Crippen LogP contribution in [0.15, 0.2) is 24.3 Å². The fraction of sp³-hybridized carbons (Fsp3) is 0.600. The third-order valence-corrected chi connectivity index (χ3v) is 4.28. The van der Waals surface area contributed by atoms with Gasteiger partial charge in [0.1, 0.15) is 5.75 Å². The summed E-state index contributed by atoms with van der Waals surface area (Å²) in [6.07, 6.45) is 0.0970. The number of hydrogen-bond acceptors (Lipinski definition) is 3. The van der Waals surface area contributed by atoms with E-state index in [4.69, 9.17) is 0 Å². The van der Waals surface area contributed by atoms with Crippen molar-refractivity contribution in [1.82, 2.24) is 4.90 Å². The average molecular weight is 300 g/mol. The van der Waals surface area contributed by atoms with Crippen LogP contribution in [0, 0.1) is 0 Å². The first kappa shape index (κ1) is 14.5. The van der Waals surface area contributed by atoms with Crippen molar-refractivity contribution < 1.29 is 17.9 Å². The molecule has 0 bridgehead atoms. The topological polar surface area (TPSA) is 24.5 Å². The summed E-state index contributed by atoms with van der Waals surface area (Å²) < 4.78 is 40.2. The van der Waals surface area contributed by atoms with Crippen LogP contribution in [0.25, 0.3) is 0 Å². The lowest BCUT2D eigenvalue weighted by molar-refractivity contribution is -0.274. The Morgan fingerprint density at radius 1 is 1.10 bits per heavy atom. The van der Waals surface area contributed by atoms with Gasteiger partial charge in [-0.1, -0.05) is 0 Å². The monoisotopic (exact) mass is 300 g/mol. The fourth-order valence-corrected chi connectivity index (χ4v) is 3.34. The average Bonchev–Trinajstić information content (AvgIpc) is 2.87. The molecule has 0 radical (unpaired) electrons. The Hall–Kier alpha value is -1.43. The van der Waals surface area contributed by atoms with Crippen LogP contribution in [-0.2, 0) is 0 Å². The highest BCUT2D eigenvalue weighted by molar-refractivity contribution is 5.47. The van der Waals surface area contributed by atoms with Gasteiger partial charge in [-0.25, -0.2) is 0 Å². The van der Waals surface area contributed by atoms with Gasteiger partial charge < -0.3 is 15.0 Å². The quantitative estimate of drug-likeness (QED) is 0.922. The van der Waals surface area contributed by atoms with Crippen LogP contribution >= 0.6 is 0 Å². The zero-order valence-corrected chi connectivity index (χ0v) is 11.7. The standard InChI is InChI=1S/C15H19F3N2O/c16-15(17,18)21-14-5-3-11(4-6-14)19-12-7-9-20-8-1-2-13(20)10-12/h3-6,12-13,19H,1-2,7-10H2. The van der Waals surface area contributed by atoms with Crippen LogP contribution in [0.3, 0.4) is 0 Å². The minimum atomic E-state index is -4.63. The van der Waals surface area contributed by atoms with Crippen molar-refractivity contribution in [3.63, 3.8) is 0 Å². The van der Waals surface area contributed by atoms with Crippen molar-refractivity contribution >= 4 is 5.69 Å². The zero-order chi connectivity index (χ0) is 14.9. The second-order valence-corrected chi connectivity index (χ2v) is 5.77. The first-order chi connectivity index (χ1) is 9.99. The van der Waals surface area contributed by atoms with E-state index >= 15 is 0 Å². The minimum Gasteiger partial charge on any atom is -0.406 e. The number of fused-ring (bicyclic) bond motifs is 1. The summed E-state index contributed by atoms with van der Waals surface area (Å²) >= 11 is 0. The van der Waals surface area contributed by atoms with E-state index in [1.165, 1.54) is 31.5 Å². The Kier molecular flexibility index (Phi) is 3.97. The van der Waals surface area contributed by atoms with Gasteiger partial charge in [-0.05, 0) is 56.5 Å². The number of alkyl halides is 3. The van der Waals surface area contributed by atoms with Gasteiger partial charge in [0.05, 0.1) is 0 Å². The summed E-state index contributed by atoms with van der Waals surface area (Å²) in [6, 6.07) is 7.05. The maximum absolute atomic E-state index is 12.1. The molecule has 1 N–H and O–H groups in total. The first-order valence-electron chi connectivity index (χ1n) is 7.36. The highest BCUT2D eigenvalue weighted by Gasteiger charge is 2.32. The molecule has 2 atom stereocenters. The highest BCUT2D eigenvalue weighted by atomic mass is 19.4. The van der Waals surface area contributed by atoms with E-state index in [1.54, 1.807) is 12.1 Å². The van der Waals surface area contributed by atoms with Crippen LogP contribution in [0.2, 0.25) is 0 Å². The van der Waals surface area contributed by atoms with Gasteiger partial charge in [0.25, 0.3) is 0 Å². The molecule has 0 aliphatic carbocycles. The molecule has 0 spiro atoms. The van der Waals surface area contributed by atoms with Crippen molar-refractivity contribution in [3.8, 4) is 5.75 Å². The van der Waals surface area contributed by atoms with Gasteiger partial charge in [-0.2, -0.15) is 0 Å². The molecule has 0 saturated carbocycles.